The van der Waals surface area contributed by atoms with Crippen LogP contribution in [0, 0.1) is 0 Å². The van der Waals surface area contributed by atoms with Gasteiger partial charge in [0.2, 0.25) is 5.91 Å². The number of carbonyl (C=O) groups is 2. The van der Waals surface area contributed by atoms with Gasteiger partial charge >= 0.3 is 6.03 Å². The zero-order valence-electron chi connectivity index (χ0n) is 11.6. The van der Waals surface area contributed by atoms with Gasteiger partial charge in [-0.3, -0.25) is 10.1 Å². The molecule has 0 radical (unpaired) electrons. The van der Waals surface area contributed by atoms with E-state index in [4.69, 9.17) is 0 Å². The molecule has 7 heteroatoms. The Bertz CT molecular complexity index is 589. The zero-order chi connectivity index (χ0) is 15.4. The van der Waals surface area contributed by atoms with Crippen molar-refractivity contribution in [3.63, 3.8) is 0 Å². The van der Waals surface area contributed by atoms with Gasteiger partial charge in [-0.1, -0.05) is 18.2 Å². The summed E-state index contributed by atoms with van der Waals surface area (Å²) in [4.78, 5) is 23.1. The highest BCUT2D eigenvalue weighted by molar-refractivity contribution is 7.92. The van der Waals surface area contributed by atoms with Crippen LogP contribution in [-0.4, -0.2) is 31.6 Å². The van der Waals surface area contributed by atoms with E-state index in [-0.39, 0.29) is 4.90 Å². The molecule has 0 aliphatic heterocycles. The van der Waals surface area contributed by atoms with Crippen LogP contribution in [0.1, 0.15) is 20.8 Å². The highest BCUT2D eigenvalue weighted by Crippen LogP contribution is 2.09. The number of nitrogens with one attached hydrogen (secondary N) is 2. The standard InChI is InChI=1S/C13H18N2O4S/c1-13(2,3)15-12(17)14-11(16)9-20(18,19)10-7-5-4-6-8-10/h4-8H,9H2,1-3H3,(H2,14,15,16,17). The van der Waals surface area contributed by atoms with Gasteiger partial charge in [-0.15, -0.1) is 0 Å². The van der Waals surface area contributed by atoms with Crippen molar-refractivity contribution in [3.8, 4) is 0 Å². The molecule has 110 valence electrons. The number of imide groups is 1. The van der Waals surface area contributed by atoms with Crippen LogP contribution in [0.15, 0.2) is 35.2 Å². The van der Waals surface area contributed by atoms with E-state index in [9.17, 15) is 18.0 Å². The maximum atomic E-state index is 11.9. The summed E-state index contributed by atoms with van der Waals surface area (Å²) in [5, 5.41) is 4.50. The number of rotatable bonds is 3. The number of urea groups is 1. The lowest BCUT2D eigenvalue weighted by molar-refractivity contribution is -0.117. The second-order valence-electron chi connectivity index (χ2n) is 5.32. The minimum Gasteiger partial charge on any atom is -0.333 e. The first kappa shape index (κ1) is 16.2. The second-order valence-corrected chi connectivity index (χ2v) is 7.31. The molecule has 6 nitrogen and oxygen atoms in total. The van der Waals surface area contributed by atoms with Crippen LogP contribution >= 0.6 is 0 Å². The van der Waals surface area contributed by atoms with Crippen LogP contribution in [-0.2, 0) is 14.6 Å². The highest BCUT2D eigenvalue weighted by Gasteiger charge is 2.21. The fourth-order valence-electron chi connectivity index (χ4n) is 1.42. The molecule has 20 heavy (non-hydrogen) atoms. The summed E-state index contributed by atoms with van der Waals surface area (Å²) in [6.07, 6.45) is 0. The first-order chi connectivity index (χ1) is 9.10. The molecule has 0 saturated heterocycles. The smallest absolute Gasteiger partial charge is 0.321 e. The quantitative estimate of drug-likeness (QED) is 0.873. The predicted octanol–water partition coefficient (Wildman–Crippen LogP) is 1.08. The minimum absolute atomic E-state index is 0.0476. The average Bonchev–Trinajstić information content (AvgIpc) is 2.26. The molecule has 0 saturated carbocycles. The lowest BCUT2D eigenvalue weighted by Crippen LogP contribution is -2.49. The van der Waals surface area contributed by atoms with Crippen LogP contribution in [0.25, 0.3) is 0 Å². The molecule has 0 aromatic heterocycles. The van der Waals surface area contributed by atoms with E-state index in [2.05, 4.69) is 5.32 Å². The third-order valence-electron chi connectivity index (χ3n) is 2.16. The van der Waals surface area contributed by atoms with Gasteiger partial charge in [-0.2, -0.15) is 0 Å². The molecule has 0 unspecified atom stereocenters. The summed E-state index contributed by atoms with van der Waals surface area (Å²) in [5.41, 5.74) is -0.511. The third-order valence-corrected chi connectivity index (χ3v) is 3.80. The largest absolute Gasteiger partial charge is 0.333 e. The van der Waals surface area contributed by atoms with Gasteiger partial charge in [0.05, 0.1) is 4.90 Å². The predicted molar refractivity (Wildman–Crippen MR) is 74.9 cm³/mol. The van der Waals surface area contributed by atoms with Gasteiger partial charge in [0.1, 0.15) is 5.75 Å². The van der Waals surface area contributed by atoms with Crippen LogP contribution in [0.2, 0.25) is 0 Å². The normalized spacial score (nSPS) is 11.8. The van der Waals surface area contributed by atoms with Gasteiger partial charge in [-0.05, 0) is 32.9 Å². The number of benzene rings is 1. The van der Waals surface area contributed by atoms with Crippen molar-refractivity contribution in [2.75, 3.05) is 5.75 Å². The molecule has 1 aromatic rings. The maximum Gasteiger partial charge on any atom is 0.321 e. The number of sulfone groups is 1. The summed E-state index contributed by atoms with van der Waals surface area (Å²) < 4.78 is 23.8. The molecular weight excluding hydrogens is 280 g/mol. The Balaban J connectivity index is 2.65. The highest BCUT2D eigenvalue weighted by atomic mass is 32.2. The molecule has 3 amide bonds. The SMILES string of the molecule is CC(C)(C)NC(=O)NC(=O)CS(=O)(=O)c1ccccc1. The molecule has 0 spiro atoms. The Morgan fingerprint density at radius 1 is 1.10 bits per heavy atom. The Hall–Kier alpha value is -1.89. The van der Waals surface area contributed by atoms with E-state index in [1.165, 1.54) is 12.1 Å². The summed E-state index contributed by atoms with van der Waals surface area (Å²) in [7, 11) is -3.74. The van der Waals surface area contributed by atoms with E-state index >= 15 is 0 Å². The van der Waals surface area contributed by atoms with Crippen LogP contribution in [0.4, 0.5) is 4.79 Å². The van der Waals surface area contributed by atoms with E-state index in [0.717, 1.165) is 0 Å². The Morgan fingerprint density at radius 3 is 2.15 bits per heavy atom. The van der Waals surface area contributed by atoms with Gasteiger partial charge in [0.15, 0.2) is 9.84 Å². The number of carbonyl (C=O) groups excluding carboxylic acids is 2. The van der Waals surface area contributed by atoms with E-state index < -0.39 is 33.1 Å². The van der Waals surface area contributed by atoms with Crippen molar-refractivity contribution in [3.05, 3.63) is 30.3 Å². The van der Waals surface area contributed by atoms with Crippen LogP contribution in [0.5, 0.6) is 0 Å². The fraction of sp³-hybridized carbons (Fsp3) is 0.385. The molecule has 0 aliphatic rings. The summed E-state index contributed by atoms with van der Waals surface area (Å²) in [5.74, 6) is -1.63. The monoisotopic (exact) mass is 298 g/mol. The first-order valence-electron chi connectivity index (χ1n) is 6.00. The lowest BCUT2D eigenvalue weighted by atomic mass is 10.1. The van der Waals surface area contributed by atoms with Crippen molar-refractivity contribution in [2.45, 2.75) is 31.2 Å². The van der Waals surface area contributed by atoms with Gasteiger partial charge < -0.3 is 5.32 Å². The van der Waals surface area contributed by atoms with E-state index in [1.54, 1.807) is 39.0 Å². The van der Waals surface area contributed by atoms with Crippen molar-refractivity contribution >= 4 is 21.8 Å². The number of hydrogen-bond donors (Lipinski definition) is 2. The molecule has 1 aromatic carbocycles. The Morgan fingerprint density at radius 2 is 1.65 bits per heavy atom. The first-order valence-corrected chi connectivity index (χ1v) is 7.65. The molecule has 0 heterocycles. The van der Waals surface area contributed by atoms with E-state index in [0.29, 0.717) is 0 Å². The van der Waals surface area contributed by atoms with Crippen LogP contribution < -0.4 is 10.6 Å². The molecule has 0 atom stereocenters. The Labute approximate surface area is 118 Å². The van der Waals surface area contributed by atoms with Crippen LogP contribution in [0.3, 0.4) is 0 Å². The van der Waals surface area contributed by atoms with Crippen molar-refractivity contribution in [1.82, 2.24) is 10.6 Å². The van der Waals surface area contributed by atoms with Gasteiger partial charge in [-0.25, -0.2) is 13.2 Å². The third kappa shape index (κ3) is 5.40. The Kier molecular flexibility index (Phi) is 4.88. The van der Waals surface area contributed by atoms with E-state index in [1.807, 2.05) is 5.32 Å². The summed E-state index contributed by atoms with van der Waals surface area (Å²) >= 11 is 0. The molecular formula is C13H18N2O4S. The second kappa shape index (κ2) is 6.04. The van der Waals surface area contributed by atoms with Crippen molar-refractivity contribution in [1.29, 1.82) is 0 Å². The molecule has 0 aliphatic carbocycles. The van der Waals surface area contributed by atoms with Gasteiger partial charge in [0, 0.05) is 5.54 Å². The summed E-state index contributed by atoms with van der Waals surface area (Å²) in [6, 6.07) is 6.89. The number of amides is 3. The number of hydrogen-bond acceptors (Lipinski definition) is 4. The van der Waals surface area contributed by atoms with Crippen molar-refractivity contribution in [2.24, 2.45) is 0 Å². The molecule has 2 N–H and O–H groups in total. The molecule has 1 rings (SSSR count). The van der Waals surface area contributed by atoms with Gasteiger partial charge in [0.25, 0.3) is 0 Å². The topological polar surface area (TPSA) is 92.3 Å². The maximum absolute atomic E-state index is 11.9. The molecule has 0 bridgehead atoms. The average molecular weight is 298 g/mol. The molecule has 0 fully saturated rings. The lowest BCUT2D eigenvalue weighted by Gasteiger charge is -2.20. The van der Waals surface area contributed by atoms with Crippen molar-refractivity contribution < 1.29 is 18.0 Å². The fourth-order valence-corrected chi connectivity index (χ4v) is 2.57. The minimum atomic E-state index is -3.74. The zero-order valence-corrected chi connectivity index (χ0v) is 12.5. The summed E-state index contributed by atoms with van der Waals surface area (Å²) in [6.45, 7) is 5.24.